The van der Waals surface area contributed by atoms with E-state index in [1.807, 2.05) is 55.5 Å². The molecule has 2 aromatic heterocycles. The van der Waals surface area contributed by atoms with Crippen LogP contribution in [0.3, 0.4) is 0 Å². The number of aryl methyl sites for hydroxylation is 1. The first-order valence-electron chi connectivity index (χ1n) is 8.51. The van der Waals surface area contributed by atoms with Crippen LogP contribution in [0.15, 0.2) is 60.9 Å². The summed E-state index contributed by atoms with van der Waals surface area (Å²) < 4.78 is 0. The fraction of sp³-hybridized carbons (Fsp3) is 0.200. The van der Waals surface area contributed by atoms with Crippen LogP contribution in [0.4, 0.5) is 5.82 Å². The molecule has 132 valence electrons. The van der Waals surface area contributed by atoms with Gasteiger partial charge in [-0.05, 0) is 24.6 Å². The number of hydrogen-bond acceptors (Lipinski definition) is 5. The number of pyridine rings is 1. The second-order valence-electron chi connectivity index (χ2n) is 5.90. The lowest BCUT2D eigenvalue weighted by atomic mass is 10.2. The summed E-state index contributed by atoms with van der Waals surface area (Å²) >= 11 is 0. The SMILES string of the molecule is Cc1cc(NCCC(=O)NCc2ccccc2)nc(-c2cccnc2)n1. The van der Waals surface area contributed by atoms with Crippen LogP contribution in [-0.4, -0.2) is 27.4 Å². The van der Waals surface area contributed by atoms with Crippen molar-refractivity contribution in [2.45, 2.75) is 19.9 Å². The molecule has 0 atom stereocenters. The van der Waals surface area contributed by atoms with Crippen LogP contribution in [-0.2, 0) is 11.3 Å². The van der Waals surface area contributed by atoms with Crippen molar-refractivity contribution in [1.29, 1.82) is 0 Å². The summed E-state index contributed by atoms with van der Waals surface area (Å²) in [5, 5.41) is 6.11. The fourth-order valence-electron chi connectivity index (χ4n) is 2.47. The topological polar surface area (TPSA) is 79.8 Å². The van der Waals surface area contributed by atoms with Crippen molar-refractivity contribution in [3.05, 3.63) is 72.2 Å². The van der Waals surface area contributed by atoms with Crippen LogP contribution < -0.4 is 10.6 Å². The Morgan fingerprint density at radius 3 is 2.69 bits per heavy atom. The van der Waals surface area contributed by atoms with E-state index in [1.165, 1.54) is 0 Å². The smallest absolute Gasteiger partial charge is 0.222 e. The summed E-state index contributed by atoms with van der Waals surface area (Å²) in [6.07, 6.45) is 3.82. The predicted octanol–water partition coefficient (Wildman–Crippen LogP) is 2.97. The molecule has 2 heterocycles. The molecule has 0 saturated heterocycles. The van der Waals surface area contributed by atoms with Gasteiger partial charge in [0.2, 0.25) is 5.91 Å². The molecule has 0 unspecified atom stereocenters. The van der Waals surface area contributed by atoms with Crippen LogP contribution in [0.2, 0.25) is 0 Å². The molecule has 3 rings (SSSR count). The van der Waals surface area contributed by atoms with E-state index in [1.54, 1.807) is 12.4 Å². The highest BCUT2D eigenvalue weighted by Gasteiger charge is 2.06. The summed E-state index contributed by atoms with van der Waals surface area (Å²) in [5.41, 5.74) is 2.80. The van der Waals surface area contributed by atoms with Crippen molar-refractivity contribution in [1.82, 2.24) is 20.3 Å². The third-order valence-corrected chi connectivity index (χ3v) is 3.76. The van der Waals surface area contributed by atoms with Crippen LogP contribution >= 0.6 is 0 Å². The van der Waals surface area contributed by atoms with Gasteiger partial charge in [0.1, 0.15) is 5.82 Å². The standard InChI is InChI=1S/C20H21N5O/c1-15-12-18(25-20(24-15)17-8-5-10-21-14-17)22-11-9-19(26)23-13-16-6-3-2-4-7-16/h2-8,10,12,14H,9,11,13H2,1H3,(H,23,26)(H,22,24,25). The molecule has 26 heavy (non-hydrogen) atoms. The monoisotopic (exact) mass is 347 g/mol. The van der Waals surface area contributed by atoms with E-state index in [0.717, 1.165) is 16.8 Å². The van der Waals surface area contributed by atoms with Crippen molar-refractivity contribution in [3.63, 3.8) is 0 Å². The molecule has 1 amide bonds. The first-order valence-corrected chi connectivity index (χ1v) is 8.51. The van der Waals surface area contributed by atoms with Gasteiger partial charge in [-0.25, -0.2) is 9.97 Å². The molecule has 1 aromatic carbocycles. The maximum absolute atomic E-state index is 12.0. The zero-order chi connectivity index (χ0) is 18.2. The fourth-order valence-corrected chi connectivity index (χ4v) is 2.47. The van der Waals surface area contributed by atoms with Crippen molar-refractivity contribution in [3.8, 4) is 11.4 Å². The summed E-state index contributed by atoms with van der Waals surface area (Å²) in [6, 6.07) is 15.5. The lowest BCUT2D eigenvalue weighted by Crippen LogP contribution is -2.25. The molecule has 0 aliphatic heterocycles. The number of nitrogens with zero attached hydrogens (tertiary/aromatic N) is 3. The molecular formula is C20H21N5O. The molecule has 0 bridgehead atoms. The van der Waals surface area contributed by atoms with Crippen molar-refractivity contribution >= 4 is 11.7 Å². The molecule has 0 radical (unpaired) electrons. The number of carbonyl (C=O) groups excluding carboxylic acids is 1. The Kier molecular flexibility index (Phi) is 5.88. The van der Waals surface area contributed by atoms with Crippen LogP contribution in [0.5, 0.6) is 0 Å². The second kappa shape index (κ2) is 8.71. The number of rotatable bonds is 7. The van der Waals surface area contributed by atoms with Gasteiger partial charge >= 0.3 is 0 Å². The van der Waals surface area contributed by atoms with Gasteiger partial charge in [0.25, 0.3) is 0 Å². The van der Waals surface area contributed by atoms with Crippen LogP contribution in [0.1, 0.15) is 17.7 Å². The quantitative estimate of drug-likeness (QED) is 0.687. The van der Waals surface area contributed by atoms with Gasteiger partial charge in [0, 0.05) is 49.2 Å². The zero-order valence-electron chi connectivity index (χ0n) is 14.6. The number of nitrogens with one attached hydrogen (secondary N) is 2. The van der Waals surface area contributed by atoms with Gasteiger partial charge in [-0.2, -0.15) is 0 Å². The predicted molar refractivity (Wildman–Crippen MR) is 101 cm³/mol. The number of hydrogen-bond donors (Lipinski definition) is 2. The third-order valence-electron chi connectivity index (χ3n) is 3.76. The lowest BCUT2D eigenvalue weighted by Gasteiger charge is -2.09. The van der Waals surface area contributed by atoms with Gasteiger partial charge in [-0.15, -0.1) is 0 Å². The van der Waals surface area contributed by atoms with Crippen molar-refractivity contribution in [2.75, 3.05) is 11.9 Å². The number of anilines is 1. The van der Waals surface area contributed by atoms with Crippen molar-refractivity contribution < 1.29 is 4.79 Å². The maximum atomic E-state index is 12.0. The Hall–Kier alpha value is -3.28. The number of benzene rings is 1. The number of carbonyl (C=O) groups is 1. The highest BCUT2D eigenvalue weighted by molar-refractivity contribution is 5.76. The van der Waals surface area contributed by atoms with Gasteiger partial charge in [-0.3, -0.25) is 9.78 Å². The minimum Gasteiger partial charge on any atom is -0.369 e. The average molecular weight is 347 g/mol. The van der Waals surface area contributed by atoms with Gasteiger partial charge in [0.15, 0.2) is 5.82 Å². The maximum Gasteiger partial charge on any atom is 0.222 e. The lowest BCUT2D eigenvalue weighted by molar-refractivity contribution is -0.121. The summed E-state index contributed by atoms with van der Waals surface area (Å²) in [7, 11) is 0. The van der Waals surface area contributed by atoms with E-state index >= 15 is 0 Å². The van der Waals surface area contributed by atoms with Crippen LogP contribution in [0.25, 0.3) is 11.4 Å². The number of aromatic nitrogens is 3. The zero-order valence-corrected chi connectivity index (χ0v) is 14.6. The van der Waals surface area contributed by atoms with Crippen molar-refractivity contribution in [2.24, 2.45) is 0 Å². The molecule has 6 nitrogen and oxygen atoms in total. The molecule has 0 fully saturated rings. The van der Waals surface area contributed by atoms with E-state index < -0.39 is 0 Å². The van der Waals surface area contributed by atoms with E-state index in [2.05, 4.69) is 25.6 Å². The second-order valence-corrected chi connectivity index (χ2v) is 5.90. The molecule has 0 aliphatic rings. The van der Waals surface area contributed by atoms with Crippen LogP contribution in [0, 0.1) is 6.92 Å². The Labute approximate surface area is 152 Å². The molecule has 2 N–H and O–H groups in total. The minimum atomic E-state index is -0.000357. The normalized spacial score (nSPS) is 10.3. The summed E-state index contributed by atoms with van der Waals surface area (Å²) in [4.78, 5) is 25.0. The molecule has 0 saturated carbocycles. The Bertz CT molecular complexity index is 853. The molecular weight excluding hydrogens is 326 g/mol. The minimum absolute atomic E-state index is 0.000357. The third kappa shape index (κ3) is 5.11. The Morgan fingerprint density at radius 1 is 1.08 bits per heavy atom. The Balaban J connectivity index is 1.51. The number of amides is 1. The first-order chi connectivity index (χ1) is 12.7. The van der Waals surface area contributed by atoms with E-state index in [-0.39, 0.29) is 5.91 Å². The summed E-state index contributed by atoms with van der Waals surface area (Å²) in [5.74, 6) is 1.32. The molecule has 6 heteroatoms. The van der Waals surface area contributed by atoms with Gasteiger partial charge in [-0.1, -0.05) is 30.3 Å². The molecule has 0 aliphatic carbocycles. The molecule has 0 spiro atoms. The highest BCUT2D eigenvalue weighted by atomic mass is 16.1. The molecule has 3 aromatic rings. The van der Waals surface area contributed by atoms with E-state index in [9.17, 15) is 4.79 Å². The van der Waals surface area contributed by atoms with Gasteiger partial charge in [0.05, 0.1) is 0 Å². The average Bonchev–Trinajstić information content (AvgIpc) is 2.67. The Morgan fingerprint density at radius 2 is 1.92 bits per heavy atom. The van der Waals surface area contributed by atoms with Gasteiger partial charge < -0.3 is 10.6 Å². The summed E-state index contributed by atoms with van der Waals surface area (Å²) in [6.45, 7) is 2.96. The largest absolute Gasteiger partial charge is 0.369 e. The van der Waals surface area contributed by atoms with E-state index in [4.69, 9.17) is 0 Å². The first kappa shape index (κ1) is 17.5. The van der Waals surface area contributed by atoms with E-state index in [0.29, 0.717) is 31.2 Å². The highest BCUT2D eigenvalue weighted by Crippen LogP contribution is 2.16.